The molecule has 0 radical (unpaired) electrons. The van der Waals surface area contributed by atoms with Crippen LogP contribution in [0.2, 0.25) is 0 Å². The first kappa shape index (κ1) is 23.3. The van der Waals surface area contributed by atoms with Gasteiger partial charge in [-0.2, -0.15) is 0 Å². The van der Waals surface area contributed by atoms with Gasteiger partial charge in [0.2, 0.25) is 0 Å². The van der Waals surface area contributed by atoms with Crippen molar-refractivity contribution >= 4 is 11.7 Å². The molecule has 0 bridgehead atoms. The summed E-state index contributed by atoms with van der Waals surface area (Å²) in [5.41, 5.74) is 12.0. The number of nitrogens with two attached hydrogens (primary N) is 1. The molecule has 5 nitrogen and oxygen atoms in total. The van der Waals surface area contributed by atoms with Gasteiger partial charge in [-0.25, -0.2) is 0 Å². The molecule has 0 spiro atoms. The van der Waals surface area contributed by atoms with Gasteiger partial charge >= 0.3 is 5.97 Å². The summed E-state index contributed by atoms with van der Waals surface area (Å²) in [6, 6.07) is 12.0. The van der Waals surface area contributed by atoms with E-state index in [1.54, 1.807) is 0 Å². The minimum Gasteiger partial charge on any atom is -0.460 e. The van der Waals surface area contributed by atoms with E-state index in [2.05, 4.69) is 12.1 Å². The second kappa shape index (κ2) is 9.84. The van der Waals surface area contributed by atoms with Gasteiger partial charge in [0, 0.05) is 12.1 Å². The standard InChI is InChI=1S/C16H22O3.C10H13NO/c1-16(2,3)19-15(18)9-12-6-4-5-11-7-8-13(17)10-14(11)12;11-10-3-1-2-7-4-5-8(12)6-9(7)10/h4-6,13,17H,7-10H2,1-3H3;1-3,8,12H,4-6,11H2/t13-;8-/m11/s1. The number of fused-ring (bicyclic) bond motifs is 2. The molecule has 2 aromatic carbocycles. The number of hydrogen-bond acceptors (Lipinski definition) is 5. The van der Waals surface area contributed by atoms with Gasteiger partial charge in [-0.3, -0.25) is 4.79 Å². The van der Waals surface area contributed by atoms with Crippen LogP contribution in [0, 0.1) is 0 Å². The van der Waals surface area contributed by atoms with Crippen molar-refractivity contribution in [2.75, 3.05) is 5.73 Å². The fourth-order valence-corrected chi connectivity index (χ4v) is 4.34. The van der Waals surface area contributed by atoms with Gasteiger partial charge in [0.1, 0.15) is 5.60 Å². The Morgan fingerprint density at radius 2 is 1.52 bits per heavy atom. The van der Waals surface area contributed by atoms with E-state index in [-0.39, 0.29) is 24.6 Å². The summed E-state index contributed by atoms with van der Waals surface area (Å²) in [6.07, 6.45) is 4.71. The van der Waals surface area contributed by atoms with E-state index in [0.717, 1.165) is 54.5 Å². The SMILES string of the molecule is CC(C)(C)OC(=O)Cc1cccc2c1C[C@H](O)CC2.Nc1cccc2c1C[C@H](O)CC2. The van der Waals surface area contributed by atoms with Crippen LogP contribution in [-0.4, -0.2) is 34.0 Å². The van der Waals surface area contributed by atoms with Crippen molar-refractivity contribution in [2.24, 2.45) is 0 Å². The number of esters is 1. The van der Waals surface area contributed by atoms with Crippen LogP contribution in [0.1, 0.15) is 61.4 Å². The van der Waals surface area contributed by atoms with Crippen molar-refractivity contribution in [1.82, 2.24) is 0 Å². The second-order valence-corrected chi connectivity index (χ2v) is 9.60. The minimum atomic E-state index is -0.453. The average molecular weight is 426 g/mol. The van der Waals surface area contributed by atoms with E-state index in [9.17, 15) is 15.0 Å². The normalized spacial score (nSPS) is 20.0. The molecule has 2 aliphatic carbocycles. The first-order valence-corrected chi connectivity index (χ1v) is 11.2. The Morgan fingerprint density at radius 3 is 2.13 bits per heavy atom. The Labute approximate surface area is 185 Å². The van der Waals surface area contributed by atoms with E-state index in [0.29, 0.717) is 6.42 Å². The fraction of sp³-hybridized carbons (Fsp3) is 0.500. The van der Waals surface area contributed by atoms with Crippen molar-refractivity contribution in [3.8, 4) is 0 Å². The van der Waals surface area contributed by atoms with Crippen LogP contribution in [-0.2, 0) is 41.6 Å². The van der Waals surface area contributed by atoms with Crippen molar-refractivity contribution in [3.63, 3.8) is 0 Å². The molecule has 0 aliphatic heterocycles. The molecule has 2 aliphatic rings. The molecule has 2 atom stereocenters. The molecule has 4 N–H and O–H groups in total. The molecule has 2 aromatic rings. The third-order valence-electron chi connectivity index (χ3n) is 5.81. The summed E-state index contributed by atoms with van der Waals surface area (Å²) in [6.45, 7) is 5.61. The van der Waals surface area contributed by atoms with Crippen LogP contribution in [0.15, 0.2) is 36.4 Å². The average Bonchev–Trinajstić information content (AvgIpc) is 2.68. The van der Waals surface area contributed by atoms with Gasteiger partial charge in [-0.05, 0) is 86.8 Å². The molecule has 31 heavy (non-hydrogen) atoms. The number of ether oxygens (including phenoxy) is 1. The summed E-state index contributed by atoms with van der Waals surface area (Å²) in [5, 5.41) is 19.2. The summed E-state index contributed by atoms with van der Waals surface area (Å²) in [5.74, 6) is -0.207. The third kappa shape index (κ3) is 6.55. The predicted molar refractivity (Wildman–Crippen MR) is 123 cm³/mol. The first-order chi connectivity index (χ1) is 14.6. The molecule has 0 amide bonds. The maximum atomic E-state index is 11.9. The Hall–Kier alpha value is -2.37. The summed E-state index contributed by atoms with van der Waals surface area (Å²) in [7, 11) is 0. The van der Waals surface area contributed by atoms with Crippen LogP contribution in [0.3, 0.4) is 0 Å². The van der Waals surface area contributed by atoms with Gasteiger partial charge in [-0.1, -0.05) is 30.3 Å². The Kier molecular flexibility index (Phi) is 7.39. The number of carbonyl (C=O) groups is 1. The highest BCUT2D eigenvalue weighted by Crippen LogP contribution is 2.26. The Bertz CT molecular complexity index is 916. The number of rotatable bonds is 2. The molecule has 4 rings (SSSR count). The number of aryl methyl sites for hydroxylation is 2. The van der Waals surface area contributed by atoms with Crippen LogP contribution in [0.25, 0.3) is 0 Å². The summed E-state index contributed by atoms with van der Waals surface area (Å²) in [4.78, 5) is 11.9. The monoisotopic (exact) mass is 425 g/mol. The third-order valence-corrected chi connectivity index (χ3v) is 5.81. The fourth-order valence-electron chi connectivity index (χ4n) is 4.34. The Morgan fingerprint density at radius 1 is 0.968 bits per heavy atom. The lowest BCUT2D eigenvalue weighted by Gasteiger charge is -2.24. The minimum absolute atomic E-state index is 0.192. The van der Waals surface area contributed by atoms with E-state index < -0.39 is 5.60 Å². The number of hydrogen-bond donors (Lipinski definition) is 3. The molecule has 168 valence electrons. The van der Waals surface area contributed by atoms with E-state index >= 15 is 0 Å². The molecular weight excluding hydrogens is 390 g/mol. The molecule has 0 aromatic heterocycles. The Balaban J connectivity index is 0.000000194. The molecule has 0 heterocycles. The number of aliphatic hydroxyl groups is 2. The predicted octanol–water partition coefficient (Wildman–Crippen LogP) is 3.54. The maximum Gasteiger partial charge on any atom is 0.310 e. The summed E-state index contributed by atoms with van der Waals surface area (Å²) >= 11 is 0. The molecule has 0 unspecified atom stereocenters. The van der Waals surface area contributed by atoms with Gasteiger partial charge in [-0.15, -0.1) is 0 Å². The second-order valence-electron chi connectivity index (χ2n) is 9.60. The van der Waals surface area contributed by atoms with E-state index in [1.165, 1.54) is 11.1 Å². The van der Waals surface area contributed by atoms with Crippen LogP contribution < -0.4 is 5.73 Å². The van der Waals surface area contributed by atoms with Gasteiger partial charge in [0.15, 0.2) is 0 Å². The number of benzene rings is 2. The zero-order valence-electron chi connectivity index (χ0n) is 18.9. The first-order valence-electron chi connectivity index (χ1n) is 11.2. The van der Waals surface area contributed by atoms with Gasteiger partial charge < -0.3 is 20.7 Å². The largest absolute Gasteiger partial charge is 0.460 e. The number of aliphatic hydroxyl groups excluding tert-OH is 2. The molecule has 0 fully saturated rings. The lowest BCUT2D eigenvalue weighted by molar-refractivity contribution is -0.153. The number of carbonyl (C=O) groups excluding carboxylic acids is 1. The number of anilines is 1. The molecular formula is C26H35NO4. The number of nitrogen functional groups attached to an aromatic ring is 1. The maximum absolute atomic E-state index is 11.9. The van der Waals surface area contributed by atoms with Crippen molar-refractivity contribution < 1.29 is 19.7 Å². The van der Waals surface area contributed by atoms with Crippen LogP contribution in [0.5, 0.6) is 0 Å². The van der Waals surface area contributed by atoms with Crippen LogP contribution >= 0.6 is 0 Å². The molecule has 0 saturated carbocycles. The summed E-state index contributed by atoms with van der Waals surface area (Å²) < 4.78 is 5.36. The van der Waals surface area contributed by atoms with Crippen molar-refractivity contribution in [3.05, 3.63) is 64.2 Å². The lowest BCUT2D eigenvalue weighted by Crippen LogP contribution is -2.26. The zero-order valence-corrected chi connectivity index (χ0v) is 18.9. The molecule has 0 saturated heterocycles. The highest BCUT2D eigenvalue weighted by molar-refractivity contribution is 5.73. The van der Waals surface area contributed by atoms with Gasteiger partial charge in [0.25, 0.3) is 0 Å². The zero-order chi connectivity index (χ0) is 22.6. The van der Waals surface area contributed by atoms with Crippen molar-refractivity contribution in [2.45, 2.75) is 83.5 Å². The van der Waals surface area contributed by atoms with Crippen molar-refractivity contribution in [1.29, 1.82) is 0 Å². The smallest absolute Gasteiger partial charge is 0.310 e. The highest BCUT2D eigenvalue weighted by atomic mass is 16.6. The van der Waals surface area contributed by atoms with Crippen LogP contribution in [0.4, 0.5) is 5.69 Å². The quantitative estimate of drug-likeness (QED) is 0.506. The van der Waals surface area contributed by atoms with E-state index in [4.69, 9.17) is 10.5 Å². The highest BCUT2D eigenvalue weighted by Gasteiger charge is 2.22. The lowest BCUT2D eigenvalue weighted by atomic mass is 9.86. The van der Waals surface area contributed by atoms with E-state index in [1.807, 2.05) is 45.0 Å². The molecule has 5 heteroatoms. The topological polar surface area (TPSA) is 92.8 Å². The van der Waals surface area contributed by atoms with Gasteiger partial charge in [0.05, 0.1) is 18.6 Å².